The smallest absolute Gasteiger partial charge is 0.294 e. The molecular formula is C27H34N2O5S. The fourth-order valence-corrected chi connectivity index (χ4v) is 9.07. The third-order valence-electron chi connectivity index (χ3n) is 9.78. The van der Waals surface area contributed by atoms with Gasteiger partial charge >= 0.3 is 0 Å². The number of benzene rings is 2. The Morgan fingerprint density at radius 3 is 2.40 bits per heavy atom. The Morgan fingerprint density at radius 1 is 1.06 bits per heavy atom. The standard InChI is InChI=1S/C20H26N2O2.C7H8O3S/c1-3-10-11-8-14-17-20(12-6-4-5-7-13(12)21(17)2)9-15(16(11)18(20)23)22(14)19(10)24;1-6-2-4-7(5-3-6)11(8,9)10/h4-7,10-11,14-19,23-24H,3,8-9H2,1-2H3;2-5H,1H3,(H,8,9,10)/t10-,11?,14-,15-,16?,17-,18+,19+,20?;/m0./s1. The minimum atomic E-state index is -4.02. The van der Waals surface area contributed by atoms with Crippen LogP contribution in [0.1, 0.15) is 37.3 Å². The Morgan fingerprint density at radius 2 is 1.74 bits per heavy atom. The predicted octanol–water partition coefficient (Wildman–Crippen LogP) is 2.80. The molecule has 6 aliphatic rings. The van der Waals surface area contributed by atoms with Crippen molar-refractivity contribution in [2.75, 3.05) is 11.9 Å². The molecule has 2 aromatic rings. The lowest BCUT2D eigenvalue weighted by atomic mass is 9.62. The van der Waals surface area contributed by atoms with E-state index in [2.05, 4.69) is 48.0 Å². The van der Waals surface area contributed by atoms with E-state index in [0.717, 1.165) is 24.8 Å². The Hall–Kier alpha value is -1.97. The summed E-state index contributed by atoms with van der Waals surface area (Å²) in [6.07, 6.45) is 2.56. The number of hydrogen-bond donors (Lipinski definition) is 3. The van der Waals surface area contributed by atoms with Crippen LogP contribution in [0.5, 0.6) is 0 Å². The van der Waals surface area contributed by atoms with E-state index < -0.39 is 10.1 Å². The number of aliphatic hydroxyl groups is 2. The van der Waals surface area contributed by atoms with Gasteiger partial charge in [-0.05, 0) is 55.9 Å². The summed E-state index contributed by atoms with van der Waals surface area (Å²) in [5.41, 5.74) is 3.47. The molecule has 10 atom stereocenters. The van der Waals surface area contributed by atoms with Crippen LogP contribution in [0, 0.1) is 24.7 Å². The minimum absolute atomic E-state index is 0.0666. The summed E-state index contributed by atoms with van der Waals surface area (Å²) in [4.78, 5) is 4.76. The van der Waals surface area contributed by atoms with Crippen LogP contribution in [0.15, 0.2) is 53.4 Å². The Balaban J connectivity index is 0.000000177. The molecule has 0 radical (unpaired) electrons. The van der Waals surface area contributed by atoms with Gasteiger partial charge in [0.25, 0.3) is 10.1 Å². The van der Waals surface area contributed by atoms with Gasteiger partial charge in [0.2, 0.25) is 0 Å². The first-order valence-electron chi connectivity index (χ1n) is 12.6. The van der Waals surface area contributed by atoms with Crippen LogP contribution >= 0.6 is 0 Å². The van der Waals surface area contributed by atoms with Crippen LogP contribution < -0.4 is 4.90 Å². The molecule has 188 valence electrons. The summed E-state index contributed by atoms with van der Waals surface area (Å²) < 4.78 is 29.6. The molecule has 2 aromatic carbocycles. The summed E-state index contributed by atoms with van der Waals surface area (Å²) in [5.74, 6) is 1.14. The monoisotopic (exact) mass is 498 g/mol. The highest BCUT2D eigenvalue weighted by atomic mass is 32.2. The number of piperidine rings is 4. The minimum Gasteiger partial charge on any atom is -0.392 e. The van der Waals surface area contributed by atoms with E-state index in [1.54, 1.807) is 12.1 Å². The largest absolute Gasteiger partial charge is 0.392 e. The number of para-hydroxylation sites is 1. The van der Waals surface area contributed by atoms with E-state index in [1.165, 1.54) is 23.4 Å². The molecule has 1 spiro atoms. The molecular weight excluding hydrogens is 464 g/mol. The lowest BCUT2D eigenvalue weighted by molar-refractivity contribution is -0.211. The lowest BCUT2D eigenvalue weighted by Gasteiger charge is -2.62. The summed E-state index contributed by atoms with van der Waals surface area (Å²) in [7, 11) is -1.83. The van der Waals surface area contributed by atoms with E-state index in [9.17, 15) is 18.6 Å². The first-order chi connectivity index (χ1) is 16.6. The molecule has 5 bridgehead atoms. The lowest BCUT2D eigenvalue weighted by Crippen LogP contribution is -2.72. The molecule has 8 rings (SSSR count). The number of nitrogens with zero attached hydrogens (tertiary/aromatic N) is 2. The van der Waals surface area contributed by atoms with Crippen molar-refractivity contribution in [3.05, 3.63) is 59.7 Å². The number of anilines is 1. The molecule has 5 aliphatic heterocycles. The van der Waals surface area contributed by atoms with Crippen LogP contribution in [0.25, 0.3) is 0 Å². The van der Waals surface area contributed by atoms with Gasteiger partial charge in [-0.25, -0.2) is 0 Å². The molecule has 0 aromatic heterocycles. The molecule has 1 saturated carbocycles. The van der Waals surface area contributed by atoms with Crippen LogP contribution in [0.2, 0.25) is 0 Å². The van der Waals surface area contributed by atoms with Crippen molar-refractivity contribution in [3.63, 3.8) is 0 Å². The molecule has 5 fully saturated rings. The molecule has 3 N–H and O–H groups in total. The first kappa shape index (κ1) is 23.4. The fraction of sp³-hybridized carbons (Fsp3) is 0.556. The number of hydrogen-bond acceptors (Lipinski definition) is 6. The van der Waals surface area contributed by atoms with Crippen LogP contribution in [0.4, 0.5) is 5.69 Å². The molecule has 0 amide bonds. The zero-order valence-electron chi connectivity index (χ0n) is 20.3. The van der Waals surface area contributed by atoms with Gasteiger partial charge in [0.15, 0.2) is 0 Å². The molecule has 8 heteroatoms. The molecule has 4 saturated heterocycles. The maximum absolute atomic E-state index is 11.6. The van der Waals surface area contributed by atoms with Crippen molar-refractivity contribution in [1.29, 1.82) is 0 Å². The highest BCUT2D eigenvalue weighted by molar-refractivity contribution is 7.85. The topological polar surface area (TPSA) is 101 Å². The van der Waals surface area contributed by atoms with E-state index in [0.29, 0.717) is 35.9 Å². The summed E-state index contributed by atoms with van der Waals surface area (Å²) in [6, 6.07) is 15.7. The first-order valence-corrected chi connectivity index (χ1v) is 14.0. The summed E-state index contributed by atoms with van der Waals surface area (Å²) in [6.45, 7) is 4.03. The van der Waals surface area contributed by atoms with Gasteiger partial charge in [0, 0.05) is 42.1 Å². The average Bonchev–Trinajstić information content (AvgIpc) is 3.21. The highest BCUT2D eigenvalue weighted by Gasteiger charge is 2.76. The van der Waals surface area contributed by atoms with E-state index in [4.69, 9.17) is 4.55 Å². The van der Waals surface area contributed by atoms with E-state index >= 15 is 0 Å². The molecule has 4 unspecified atom stereocenters. The van der Waals surface area contributed by atoms with Crippen LogP contribution in [-0.4, -0.2) is 65.6 Å². The SMILES string of the molecule is CC[C@H]1C2C[C@H]3[C@@H]4N(C)c5ccccc5C45C[C@@H](C2[C@H]5O)N3[C@@H]1O.Cc1ccc(S(=O)(=O)O)cc1. The number of likely N-dealkylation sites (N-methyl/N-ethyl adjacent to an activating group) is 1. The number of rotatable bonds is 2. The zero-order chi connectivity index (χ0) is 24.9. The number of aryl methyl sites for hydroxylation is 1. The van der Waals surface area contributed by atoms with Gasteiger partial charge in [-0.2, -0.15) is 8.42 Å². The van der Waals surface area contributed by atoms with Crippen molar-refractivity contribution in [2.45, 2.75) is 73.9 Å². The van der Waals surface area contributed by atoms with Gasteiger partial charge in [-0.15, -0.1) is 0 Å². The van der Waals surface area contributed by atoms with Crippen LogP contribution in [0.3, 0.4) is 0 Å². The molecule has 5 heterocycles. The third kappa shape index (κ3) is 3.01. The van der Waals surface area contributed by atoms with Gasteiger partial charge in [0.05, 0.1) is 17.0 Å². The molecule has 1 aliphatic carbocycles. The highest BCUT2D eigenvalue weighted by Crippen LogP contribution is 2.68. The molecule has 35 heavy (non-hydrogen) atoms. The van der Waals surface area contributed by atoms with Crippen molar-refractivity contribution in [1.82, 2.24) is 4.90 Å². The number of fused-ring (bicyclic) bond motifs is 2. The van der Waals surface area contributed by atoms with E-state index in [-0.39, 0.29) is 22.6 Å². The van der Waals surface area contributed by atoms with Crippen molar-refractivity contribution < 1.29 is 23.2 Å². The second-order valence-corrected chi connectivity index (χ2v) is 12.5. The maximum atomic E-state index is 11.6. The molecule has 7 nitrogen and oxygen atoms in total. The normalized spacial score (nSPS) is 41.9. The number of aliphatic hydroxyl groups excluding tert-OH is 2. The van der Waals surface area contributed by atoms with E-state index in [1.807, 2.05) is 6.92 Å². The van der Waals surface area contributed by atoms with Crippen molar-refractivity contribution >= 4 is 15.8 Å². The fourth-order valence-electron chi connectivity index (χ4n) is 8.59. The van der Waals surface area contributed by atoms with Gasteiger partial charge in [0.1, 0.15) is 6.23 Å². The average molecular weight is 499 g/mol. The van der Waals surface area contributed by atoms with Gasteiger partial charge in [-0.3, -0.25) is 9.45 Å². The summed E-state index contributed by atoms with van der Waals surface area (Å²) >= 11 is 0. The summed E-state index contributed by atoms with van der Waals surface area (Å²) in [5, 5.41) is 22.6. The predicted molar refractivity (Wildman–Crippen MR) is 133 cm³/mol. The van der Waals surface area contributed by atoms with Crippen molar-refractivity contribution in [2.24, 2.45) is 17.8 Å². The Kier molecular flexibility index (Phi) is 5.20. The third-order valence-corrected chi connectivity index (χ3v) is 10.6. The van der Waals surface area contributed by atoms with Gasteiger partial charge < -0.3 is 15.1 Å². The van der Waals surface area contributed by atoms with Crippen LogP contribution in [-0.2, 0) is 15.5 Å². The zero-order valence-corrected chi connectivity index (χ0v) is 21.1. The van der Waals surface area contributed by atoms with Crippen molar-refractivity contribution in [3.8, 4) is 0 Å². The van der Waals surface area contributed by atoms with Gasteiger partial charge in [-0.1, -0.05) is 42.8 Å². The Labute approximate surface area is 207 Å². The second kappa shape index (κ2) is 7.76. The second-order valence-electron chi connectivity index (χ2n) is 11.1. The maximum Gasteiger partial charge on any atom is 0.294 e. The Bertz CT molecular complexity index is 1250. The quantitative estimate of drug-likeness (QED) is 0.548.